The summed E-state index contributed by atoms with van der Waals surface area (Å²) in [7, 11) is 0. The summed E-state index contributed by atoms with van der Waals surface area (Å²) in [6, 6.07) is 11.5. The first-order valence-corrected chi connectivity index (χ1v) is 6.12. The molecule has 0 aliphatic heterocycles. The van der Waals surface area contributed by atoms with E-state index >= 15 is 0 Å². The highest BCUT2D eigenvalue weighted by molar-refractivity contribution is 7.07. The molecule has 84 valence electrons. The van der Waals surface area contributed by atoms with E-state index in [2.05, 4.69) is 9.59 Å². The van der Waals surface area contributed by atoms with Crippen LogP contribution in [-0.4, -0.2) is 9.59 Å². The lowest BCUT2D eigenvalue weighted by Gasteiger charge is -2.07. The number of ether oxygens (including phenoxy) is 1. The van der Waals surface area contributed by atoms with Crippen LogP contribution in [0.15, 0.2) is 42.6 Å². The molecule has 0 unspecified atom stereocenters. The molecule has 0 atom stereocenters. The minimum absolute atomic E-state index is 0.664. The van der Waals surface area contributed by atoms with Gasteiger partial charge in [-0.15, -0.1) is 5.10 Å². The van der Waals surface area contributed by atoms with E-state index in [0.29, 0.717) is 5.06 Å². The Morgan fingerprint density at radius 2 is 1.88 bits per heavy atom. The molecular weight excluding hydrogens is 256 g/mol. The third kappa shape index (κ3) is 1.97. The smallest absolute Gasteiger partial charge is 0.220 e. The molecule has 3 rings (SSSR count). The van der Waals surface area contributed by atoms with E-state index in [1.54, 1.807) is 6.20 Å². The van der Waals surface area contributed by atoms with E-state index in [1.807, 2.05) is 36.4 Å². The maximum atomic E-state index is 6.13. The SMILES string of the molecule is Clc1ccc(Oc2cnns2)c2ccccc12. The predicted octanol–water partition coefficient (Wildman–Crippen LogP) is 4.14. The average molecular weight is 263 g/mol. The van der Waals surface area contributed by atoms with Crippen LogP contribution in [0.3, 0.4) is 0 Å². The van der Waals surface area contributed by atoms with Gasteiger partial charge >= 0.3 is 0 Å². The van der Waals surface area contributed by atoms with Gasteiger partial charge in [-0.3, -0.25) is 0 Å². The van der Waals surface area contributed by atoms with Gasteiger partial charge in [-0.1, -0.05) is 40.4 Å². The number of hydrogen-bond donors (Lipinski definition) is 0. The average Bonchev–Trinajstić information content (AvgIpc) is 2.86. The monoisotopic (exact) mass is 262 g/mol. The number of nitrogens with zero attached hydrogens (tertiary/aromatic N) is 2. The zero-order valence-electron chi connectivity index (χ0n) is 8.63. The highest BCUT2D eigenvalue weighted by Crippen LogP contribution is 2.34. The second-order valence-electron chi connectivity index (χ2n) is 3.43. The Morgan fingerprint density at radius 3 is 2.65 bits per heavy atom. The maximum Gasteiger partial charge on any atom is 0.220 e. The first-order chi connectivity index (χ1) is 8.34. The second kappa shape index (κ2) is 4.31. The molecule has 1 aromatic heterocycles. The molecule has 0 saturated carbocycles. The molecule has 0 radical (unpaired) electrons. The number of fused-ring (bicyclic) bond motifs is 1. The molecule has 0 bridgehead atoms. The Balaban J connectivity index is 2.14. The molecule has 3 nitrogen and oxygen atoms in total. The first-order valence-electron chi connectivity index (χ1n) is 4.97. The minimum Gasteiger partial charge on any atom is -0.443 e. The van der Waals surface area contributed by atoms with Crippen molar-refractivity contribution in [2.45, 2.75) is 0 Å². The molecule has 17 heavy (non-hydrogen) atoms. The van der Waals surface area contributed by atoms with E-state index in [-0.39, 0.29) is 0 Å². The van der Waals surface area contributed by atoms with E-state index in [9.17, 15) is 0 Å². The fourth-order valence-corrected chi connectivity index (χ4v) is 2.26. The molecular formula is C12H7ClN2OS. The van der Waals surface area contributed by atoms with E-state index in [0.717, 1.165) is 21.5 Å². The molecule has 3 aromatic rings. The van der Waals surface area contributed by atoms with Gasteiger partial charge in [0.2, 0.25) is 5.06 Å². The van der Waals surface area contributed by atoms with Gasteiger partial charge in [0.25, 0.3) is 0 Å². The van der Waals surface area contributed by atoms with Crippen molar-refractivity contribution in [3.8, 4) is 10.8 Å². The Hall–Kier alpha value is -1.65. The van der Waals surface area contributed by atoms with Crippen LogP contribution >= 0.6 is 23.1 Å². The van der Waals surface area contributed by atoms with Gasteiger partial charge in [0, 0.05) is 27.3 Å². The van der Waals surface area contributed by atoms with Gasteiger partial charge in [-0.05, 0) is 12.1 Å². The number of rotatable bonds is 2. The second-order valence-corrected chi connectivity index (χ2v) is 4.59. The van der Waals surface area contributed by atoms with Gasteiger partial charge in [0.15, 0.2) is 0 Å². The molecule has 0 aliphatic rings. The molecule has 2 aromatic carbocycles. The summed E-state index contributed by atoms with van der Waals surface area (Å²) < 4.78 is 9.48. The molecule has 0 fully saturated rings. The number of halogens is 1. The van der Waals surface area contributed by atoms with Crippen molar-refractivity contribution in [2.24, 2.45) is 0 Å². The van der Waals surface area contributed by atoms with Crippen LogP contribution in [0.1, 0.15) is 0 Å². The lowest BCUT2D eigenvalue weighted by atomic mass is 10.1. The molecule has 0 N–H and O–H groups in total. The quantitative estimate of drug-likeness (QED) is 0.696. The highest BCUT2D eigenvalue weighted by Gasteiger charge is 2.07. The molecule has 0 spiro atoms. The largest absolute Gasteiger partial charge is 0.443 e. The van der Waals surface area contributed by atoms with Crippen molar-refractivity contribution < 1.29 is 4.74 Å². The van der Waals surface area contributed by atoms with Crippen molar-refractivity contribution in [3.63, 3.8) is 0 Å². The predicted molar refractivity (Wildman–Crippen MR) is 68.9 cm³/mol. The Labute approximate surface area is 107 Å². The minimum atomic E-state index is 0.664. The highest BCUT2D eigenvalue weighted by atomic mass is 35.5. The number of hydrogen-bond acceptors (Lipinski definition) is 4. The Morgan fingerprint density at radius 1 is 1.06 bits per heavy atom. The molecule has 1 heterocycles. The van der Waals surface area contributed by atoms with Crippen LogP contribution in [0.25, 0.3) is 10.8 Å². The molecule has 0 amide bonds. The summed E-state index contributed by atoms with van der Waals surface area (Å²) in [5, 5.41) is 7.07. The Kier molecular flexibility index (Phi) is 2.66. The molecule has 5 heteroatoms. The topological polar surface area (TPSA) is 35.0 Å². The van der Waals surface area contributed by atoms with Gasteiger partial charge in [0.1, 0.15) is 11.9 Å². The standard InChI is InChI=1S/C12H7ClN2OS/c13-10-5-6-11(16-12-7-14-15-17-12)9-4-2-1-3-8(9)10/h1-7H. The van der Waals surface area contributed by atoms with Gasteiger partial charge in [0.05, 0.1) is 0 Å². The van der Waals surface area contributed by atoms with E-state index in [4.69, 9.17) is 16.3 Å². The summed E-state index contributed by atoms with van der Waals surface area (Å²) in [4.78, 5) is 0. The summed E-state index contributed by atoms with van der Waals surface area (Å²) in [6.45, 7) is 0. The third-order valence-electron chi connectivity index (χ3n) is 2.38. The first kappa shape index (κ1) is 10.5. The van der Waals surface area contributed by atoms with Crippen LogP contribution in [0, 0.1) is 0 Å². The zero-order chi connectivity index (χ0) is 11.7. The van der Waals surface area contributed by atoms with Crippen molar-refractivity contribution in [1.82, 2.24) is 9.59 Å². The summed E-state index contributed by atoms with van der Waals surface area (Å²) in [5.41, 5.74) is 0. The van der Waals surface area contributed by atoms with Gasteiger partial charge < -0.3 is 4.74 Å². The van der Waals surface area contributed by atoms with Gasteiger partial charge in [-0.25, -0.2) is 0 Å². The number of aromatic nitrogens is 2. The van der Waals surface area contributed by atoms with E-state index in [1.165, 1.54) is 11.5 Å². The molecule has 0 aliphatic carbocycles. The molecule has 0 saturated heterocycles. The lowest BCUT2D eigenvalue weighted by molar-refractivity contribution is 0.501. The fraction of sp³-hybridized carbons (Fsp3) is 0. The van der Waals surface area contributed by atoms with Crippen LogP contribution in [0.4, 0.5) is 0 Å². The summed E-state index contributed by atoms with van der Waals surface area (Å²) in [6.07, 6.45) is 1.59. The van der Waals surface area contributed by atoms with Crippen LogP contribution in [-0.2, 0) is 0 Å². The van der Waals surface area contributed by atoms with Crippen molar-refractivity contribution in [1.29, 1.82) is 0 Å². The van der Waals surface area contributed by atoms with Crippen molar-refractivity contribution in [3.05, 3.63) is 47.6 Å². The van der Waals surface area contributed by atoms with Crippen molar-refractivity contribution in [2.75, 3.05) is 0 Å². The summed E-state index contributed by atoms with van der Waals surface area (Å²) in [5.74, 6) is 0.760. The van der Waals surface area contributed by atoms with E-state index < -0.39 is 0 Å². The Bertz CT molecular complexity index is 655. The van der Waals surface area contributed by atoms with Crippen LogP contribution in [0.2, 0.25) is 5.02 Å². The summed E-state index contributed by atoms with van der Waals surface area (Å²) >= 11 is 7.35. The normalized spacial score (nSPS) is 10.6. The van der Waals surface area contributed by atoms with Crippen LogP contribution in [0.5, 0.6) is 10.8 Å². The fourth-order valence-electron chi connectivity index (χ4n) is 1.64. The zero-order valence-corrected chi connectivity index (χ0v) is 10.2. The van der Waals surface area contributed by atoms with Crippen LogP contribution < -0.4 is 4.74 Å². The van der Waals surface area contributed by atoms with Crippen molar-refractivity contribution >= 4 is 33.9 Å². The third-order valence-corrected chi connectivity index (χ3v) is 3.26. The van der Waals surface area contributed by atoms with Gasteiger partial charge in [-0.2, -0.15) is 0 Å². The maximum absolute atomic E-state index is 6.13. The lowest BCUT2D eigenvalue weighted by Crippen LogP contribution is -1.84. The number of benzene rings is 2.